The molecule has 0 saturated heterocycles. The van der Waals surface area contributed by atoms with Crippen LogP contribution in [0.1, 0.15) is 166 Å². The van der Waals surface area contributed by atoms with Crippen LogP contribution in [-0.2, 0) is 5.41 Å². The molecule has 3 rings (SSSR count). The molecule has 2 nitrogen and oxygen atoms in total. The van der Waals surface area contributed by atoms with Gasteiger partial charge in [-0.25, -0.2) is 0 Å². The predicted octanol–water partition coefficient (Wildman–Crippen LogP) is 11.7. The predicted molar refractivity (Wildman–Crippen MR) is 174 cm³/mol. The Kier molecular flexibility index (Phi) is 14.3. The van der Waals surface area contributed by atoms with Gasteiger partial charge in [-0.2, -0.15) is 0 Å². The third-order valence-corrected chi connectivity index (χ3v) is 9.32. The fourth-order valence-electron chi connectivity index (χ4n) is 7.02. The van der Waals surface area contributed by atoms with Gasteiger partial charge in [-0.1, -0.05) is 154 Å². The largest absolute Gasteiger partial charge is 0.399 e. The molecule has 4 N–H and O–H groups in total. The number of hydrogen-bond donors (Lipinski definition) is 2. The van der Waals surface area contributed by atoms with Crippen LogP contribution in [0.5, 0.6) is 0 Å². The molecule has 0 amide bonds. The zero-order valence-corrected chi connectivity index (χ0v) is 25.7. The molecule has 0 fully saturated rings. The molecule has 0 unspecified atom stereocenters. The van der Waals surface area contributed by atoms with E-state index in [1.807, 2.05) is 0 Å². The van der Waals surface area contributed by atoms with Crippen LogP contribution in [0, 0.1) is 0 Å². The first-order valence-electron chi connectivity index (χ1n) is 16.9. The number of benzene rings is 2. The van der Waals surface area contributed by atoms with Gasteiger partial charge >= 0.3 is 0 Å². The van der Waals surface area contributed by atoms with Crippen molar-refractivity contribution in [2.75, 3.05) is 11.5 Å². The van der Waals surface area contributed by atoms with Crippen molar-refractivity contribution in [3.63, 3.8) is 0 Å². The second-order valence-corrected chi connectivity index (χ2v) is 12.6. The van der Waals surface area contributed by atoms with E-state index < -0.39 is 0 Å². The second kappa shape index (κ2) is 17.7. The summed E-state index contributed by atoms with van der Waals surface area (Å²) in [5.41, 5.74) is 20.4. The Labute approximate surface area is 241 Å². The molecule has 0 spiro atoms. The van der Waals surface area contributed by atoms with Crippen LogP contribution in [-0.4, -0.2) is 0 Å². The Morgan fingerprint density at radius 1 is 0.436 bits per heavy atom. The molecule has 0 aliphatic heterocycles. The summed E-state index contributed by atoms with van der Waals surface area (Å²) in [6, 6.07) is 13.3. The summed E-state index contributed by atoms with van der Waals surface area (Å²) in [7, 11) is 0. The first-order valence-corrected chi connectivity index (χ1v) is 16.9. The van der Waals surface area contributed by atoms with Gasteiger partial charge in [0.2, 0.25) is 0 Å². The first-order chi connectivity index (χ1) is 19.1. The van der Waals surface area contributed by atoms with Crippen molar-refractivity contribution in [2.45, 2.75) is 161 Å². The van der Waals surface area contributed by atoms with Crippen molar-refractivity contribution in [2.24, 2.45) is 0 Å². The summed E-state index contributed by atoms with van der Waals surface area (Å²) in [5, 5.41) is 0. The molecule has 0 heterocycles. The van der Waals surface area contributed by atoms with Crippen LogP contribution in [0.25, 0.3) is 11.1 Å². The SMILES string of the molecule is CCCCCCCCCCCCC1(CCCCCCCCCCCC)c2cc(N)ccc2-c2ccc(N)cc21. The van der Waals surface area contributed by atoms with Crippen LogP contribution in [0.2, 0.25) is 0 Å². The average molecular weight is 533 g/mol. The molecule has 0 atom stereocenters. The van der Waals surface area contributed by atoms with Crippen molar-refractivity contribution in [3.8, 4) is 11.1 Å². The van der Waals surface area contributed by atoms with Crippen LogP contribution < -0.4 is 11.5 Å². The second-order valence-electron chi connectivity index (χ2n) is 12.6. The standard InChI is InChI=1S/C37H60N2/c1-3-5-7-9-11-13-15-17-19-21-27-37(28-22-20-18-16-14-12-10-8-6-4-2)35-29-31(38)23-25-33(35)34-26-24-32(39)30-36(34)37/h23-26,29-30H,3-22,27-28,38-39H2,1-2H3. The van der Waals surface area contributed by atoms with Gasteiger partial charge in [-0.3, -0.25) is 0 Å². The molecule has 2 aromatic rings. The van der Waals surface area contributed by atoms with E-state index in [1.54, 1.807) is 0 Å². The maximum absolute atomic E-state index is 6.40. The van der Waals surface area contributed by atoms with Crippen molar-refractivity contribution in [1.29, 1.82) is 0 Å². The molecule has 1 aliphatic rings. The summed E-state index contributed by atoms with van der Waals surface area (Å²) in [6.07, 6.45) is 30.0. The molecule has 0 aromatic heterocycles. The van der Waals surface area contributed by atoms with E-state index in [4.69, 9.17) is 11.5 Å². The fraction of sp³-hybridized carbons (Fsp3) is 0.676. The highest BCUT2D eigenvalue weighted by Crippen LogP contribution is 2.55. The van der Waals surface area contributed by atoms with Crippen LogP contribution >= 0.6 is 0 Å². The van der Waals surface area contributed by atoms with E-state index in [9.17, 15) is 0 Å². The number of nitrogens with two attached hydrogens (primary N) is 2. The lowest BCUT2D eigenvalue weighted by Crippen LogP contribution is -2.26. The molecule has 2 aromatic carbocycles. The first kappa shape index (κ1) is 31.6. The lowest BCUT2D eigenvalue weighted by molar-refractivity contribution is 0.397. The number of hydrogen-bond acceptors (Lipinski definition) is 2. The number of nitrogen functional groups attached to an aromatic ring is 2. The van der Waals surface area contributed by atoms with Gasteiger partial charge in [0.05, 0.1) is 0 Å². The van der Waals surface area contributed by atoms with E-state index in [0.29, 0.717) is 0 Å². The highest BCUT2D eigenvalue weighted by atomic mass is 14.6. The number of unbranched alkanes of at least 4 members (excludes halogenated alkanes) is 18. The third-order valence-electron chi connectivity index (χ3n) is 9.32. The molecule has 0 radical (unpaired) electrons. The molecule has 1 aliphatic carbocycles. The Morgan fingerprint density at radius 3 is 1.08 bits per heavy atom. The van der Waals surface area contributed by atoms with E-state index in [1.165, 1.54) is 164 Å². The maximum Gasteiger partial charge on any atom is 0.0317 e. The quantitative estimate of drug-likeness (QED) is 0.117. The van der Waals surface area contributed by atoms with Crippen molar-refractivity contribution in [3.05, 3.63) is 47.5 Å². The molecule has 0 bridgehead atoms. The van der Waals surface area contributed by atoms with Gasteiger partial charge in [0, 0.05) is 16.8 Å². The fourth-order valence-corrected chi connectivity index (χ4v) is 7.02. The molecule has 2 heteroatoms. The van der Waals surface area contributed by atoms with Gasteiger partial charge in [-0.15, -0.1) is 0 Å². The summed E-state index contributed by atoms with van der Waals surface area (Å²) < 4.78 is 0. The Morgan fingerprint density at radius 2 is 0.744 bits per heavy atom. The van der Waals surface area contributed by atoms with Gasteiger partial charge in [0.15, 0.2) is 0 Å². The van der Waals surface area contributed by atoms with Gasteiger partial charge in [0.1, 0.15) is 0 Å². The third kappa shape index (κ3) is 9.58. The minimum atomic E-state index is 0.0652. The van der Waals surface area contributed by atoms with Crippen LogP contribution in [0.4, 0.5) is 11.4 Å². The molecule has 218 valence electrons. The minimum absolute atomic E-state index is 0.0652. The van der Waals surface area contributed by atoms with Crippen molar-refractivity contribution in [1.82, 2.24) is 0 Å². The number of rotatable bonds is 22. The number of anilines is 2. The van der Waals surface area contributed by atoms with Crippen molar-refractivity contribution >= 4 is 11.4 Å². The summed E-state index contributed by atoms with van der Waals surface area (Å²) in [4.78, 5) is 0. The van der Waals surface area contributed by atoms with E-state index in [-0.39, 0.29) is 5.41 Å². The highest BCUT2D eigenvalue weighted by molar-refractivity contribution is 5.83. The Bertz CT molecular complexity index is 869. The monoisotopic (exact) mass is 532 g/mol. The van der Waals surface area contributed by atoms with Crippen LogP contribution in [0.3, 0.4) is 0 Å². The van der Waals surface area contributed by atoms with E-state index in [2.05, 4.69) is 50.2 Å². The Hall–Kier alpha value is -1.96. The summed E-state index contributed by atoms with van der Waals surface area (Å²) in [6.45, 7) is 4.60. The highest BCUT2D eigenvalue weighted by Gasteiger charge is 2.42. The maximum atomic E-state index is 6.40. The Balaban J connectivity index is 1.59. The molecule has 0 saturated carbocycles. The van der Waals surface area contributed by atoms with Gasteiger partial charge in [-0.05, 0) is 59.4 Å². The lowest BCUT2D eigenvalue weighted by atomic mass is 9.70. The van der Waals surface area contributed by atoms with Gasteiger partial charge in [0.25, 0.3) is 0 Å². The zero-order chi connectivity index (χ0) is 27.8. The smallest absolute Gasteiger partial charge is 0.0317 e. The summed E-state index contributed by atoms with van der Waals surface area (Å²) in [5.74, 6) is 0. The normalized spacial score (nSPS) is 13.5. The topological polar surface area (TPSA) is 52.0 Å². The van der Waals surface area contributed by atoms with E-state index >= 15 is 0 Å². The van der Waals surface area contributed by atoms with Gasteiger partial charge < -0.3 is 11.5 Å². The molecular weight excluding hydrogens is 472 g/mol. The van der Waals surface area contributed by atoms with Crippen molar-refractivity contribution < 1.29 is 0 Å². The minimum Gasteiger partial charge on any atom is -0.399 e. The average Bonchev–Trinajstić information content (AvgIpc) is 3.19. The van der Waals surface area contributed by atoms with Crippen LogP contribution in [0.15, 0.2) is 36.4 Å². The van der Waals surface area contributed by atoms with E-state index in [0.717, 1.165) is 11.4 Å². The lowest BCUT2D eigenvalue weighted by Gasteiger charge is -2.33. The molecular formula is C37H60N2. The number of fused-ring (bicyclic) bond motifs is 3. The molecule has 39 heavy (non-hydrogen) atoms. The summed E-state index contributed by atoms with van der Waals surface area (Å²) >= 11 is 0. The zero-order valence-electron chi connectivity index (χ0n) is 25.7.